The van der Waals surface area contributed by atoms with Crippen molar-refractivity contribution in [3.05, 3.63) is 29.8 Å². The Bertz CT molecular complexity index is 764. The molecule has 168 valence electrons. The van der Waals surface area contributed by atoms with Crippen molar-refractivity contribution in [1.29, 1.82) is 0 Å². The molecule has 2 N–H and O–H groups in total. The van der Waals surface area contributed by atoms with Crippen molar-refractivity contribution in [3.63, 3.8) is 0 Å². The predicted molar refractivity (Wildman–Crippen MR) is 100 cm³/mol. The SMILES string of the molecule is CC(F)(F)C(O)c1ccc(N2CC[C@]3(CC[C@@](O)(CCC(F)(F)F)CC3)C2=O)cc1. The van der Waals surface area contributed by atoms with Crippen molar-refractivity contribution in [2.45, 2.75) is 75.7 Å². The van der Waals surface area contributed by atoms with Gasteiger partial charge in [-0.25, -0.2) is 8.78 Å². The minimum absolute atomic E-state index is 0.0417. The smallest absolute Gasteiger partial charge is 0.389 e. The third-order valence-electron chi connectivity index (χ3n) is 6.53. The molecule has 1 aromatic rings. The number of alkyl halides is 5. The van der Waals surface area contributed by atoms with Gasteiger partial charge in [-0.3, -0.25) is 4.79 Å². The van der Waals surface area contributed by atoms with Crippen LogP contribution in [0.2, 0.25) is 0 Å². The summed E-state index contributed by atoms with van der Waals surface area (Å²) in [5, 5.41) is 20.2. The largest absolute Gasteiger partial charge is 0.390 e. The van der Waals surface area contributed by atoms with Gasteiger partial charge in [0.25, 0.3) is 5.92 Å². The van der Waals surface area contributed by atoms with Crippen LogP contribution in [0.1, 0.15) is 63.5 Å². The molecule has 1 unspecified atom stereocenters. The number of hydrogen-bond acceptors (Lipinski definition) is 3. The number of aliphatic hydroxyl groups is 2. The number of nitrogens with zero attached hydrogens (tertiary/aromatic N) is 1. The Kier molecular flexibility index (Phi) is 5.92. The van der Waals surface area contributed by atoms with Gasteiger partial charge in [0, 0.05) is 25.6 Å². The van der Waals surface area contributed by atoms with Crippen LogP contribution < -0.4 is 4.90 Å². The minimum Gasteiger partial charge on any atom is -0.390 e. The van der Waals surface area contributed by atoms with E-state index in [9.17, 15) is 37.0 Å². The van der Waals surface area contributed by atoms with E-state index in [1.165, 1.54) is 24.3 Å². The summed E-state index contributed by atoms with van der Waals surface area (Å²) in [7, 11) is 0. The van der Waals surface area contributed by atoms with Crippen LogP contribution in [0.25, 0.3) is 0 Å². The van der Waals surface area contributed by atoms with Gasteiger partial charge in [-0.15, -0.1) is 0 Å². The zero-order valence-electron chi connectivity index (χ0n) is 16.7. The van der Waals surface area contributed by atoms with Crippen molar-refractivity contribution in [1.82, 2.24) is 0 Å². The maximum Gasteiger partial charge on any atom is 0.389 e. The Hall–Kier alpha value is -1.74. The first-order chi connectivity index (χ1) is 13.7. The number of benzene rings is 1. The summed E-state index contributed by atoms with van der Waals surface area (Å²) in [6.45, 7) is 1.03. The molecule has 1 saturated carbocycles. The molecular formula is C21H26F5NO3. The van der Waals surface area contributed by atoms with Crippen LogP contribution in [-0.4, -0.2) is 40.4 Å². The zero-order valence-corrected chi connectivity index (χ0v) is 16.7. The Labute approximate surface area is 171 Å². The molecule has 1 saturated heterocycles. The summed E-state index contributed by atoms with van der Waals surface area (Å²) in [4.78, 5) is 14.6. The molecule has 1 heterocycles. The first-order valence-electron chi connectivity index (χ1n) is 10.0. The number of hydrogen-bond donors (Lipinski definition) is 2. The first kappa shape index (κ1) is 22.9. The molecule has 0 bridgehead atoms. The Morgan fingerprint density at radius 3 is 2.10 bits per heavy atom. The van der Waals surface area contributed by atoms with Crippen LogP contribution in [0, 0.1) is 5.41 Å². The fraction of sp³-hybridized carbons (Fsp3) is 0.667. The number of halogens is 5. The maximum atomic E-state index is 13.3. The highest BCUT2D eigenvalue weighted by molar-refractivity contribution is 6.00. The molecule has 1 spiro atoms. The Morgan fingerprint density at radius 2 is 1.60 bits per heavy atom. The minimum atomic E-state index is -4.33. The normalized spacial score (nSPS) is 28.9. The van der Waals surface area contributed by atoms with E-state index in [0.717, 1.165) is 0 Å². The van der Waals surface area contributed by atoms with Crippen LogP contribution in [0.5, 0.6) is 0 Å². The van der Waals surface area contributed by atoms with Gasteiger partial charge in [-0.2, -0.15) is 13.2 Å². The highest BCUT2D eigenvalue weighted by Gasteiger charge is 2.52. The number of carbonyl (C=O) groups is 1. The Balaban J connectivity index is 1.65. The standard InChI is InChI=1S/C21H26F5NO3/c1-18(22,23)16(28)14-2-4-15(5-3-14)27-13-12-19(17(27)29)6-8-20(30,9-7-19)10-11-21(24,25)26/h2-5,16,28,30H,6-13H2,1H3/t16?,19-,20+. The lowest BCUT2D eigenvalue weighted by Gasteiger charge is -2.41. The van der Waals surface area contributed by atoms with Crippen LogP contribution in [0.15, 0.2) is 24.3 Å². The van der Waals surface area contributed by atoms with E-state index in [0.29, 0.717) is 38.4 Å². The van der Waals surface area contributed by atoms with Gasteiger partial charge in [0.05, 0.1) is 11.0 Å². The van der Waals surface area contributed by atoms with Gasteiger partial charge in [0.1, 0.15) is 6.10 Å². The summed E-state index contributed by atoms with van der Waals surface area (Å²) in [6, 6.07) is 5.71. The van der Waals surface area contributed by atoms with E-state index in [4.69, 9.17) is 0 Å². The lowest BCUT2D eigenvalue weighted by molar-refractivity contribution is -0.153. The number of rotatable bonds is 5. The van der Waals surface area contributed by atoms with Crippen molar-refractivity contribution in [3.8, 4) is 0 Å². The fourth-order valence-electron chi connectivity index (χ4n) is 4.48. The highest BCUT2D eigenvalue weighted by atomic mass is 19.4. The number of amides is 1. The van der Waals surface area contributed by atoms with Crippen LogP contribution in [-0.2, 0) is 4.79 Å². The third-order valence-corrected chi connectivity index (χ3v) is 6.53. The molecule has 2 fully saturated rings. The van der Waals surface area contributed by atoms with Crippen molar-refractivity contribution in [2.24, 2.45) is 5.41 Å². The van der Waals surface area contributed by atoms with Gasteiger partial charge in [0.15, 0.2) is 0 Å². The first-order valence-corrected chi connectivity index (χ1v) is 10.0. The van der Waals surface area contributed by atoms with E-state index in [2.05, 4.69) is 0 Å². The monoisotopic (exact) mass is 435 g/mol. The molecule has 0 aromatic heterocycles. The van der Waals surface area contributed by atoms with Gasteiger partial charge in [0.2, 0.25) is 5.91 Å². The highest BCUT2D eigenvalue weighted by Crippen LogP contribution is 2.50. The van der Waals surface area contributed by atoms with Gasteiger partial charge in [-0.05, 0) is 56.2 Å². The summed E-state index contributed by atoms with van der Waals surface area (Å²) in [5.41, 5.74) is -1.55. The van der Waals surface area contributed by atoms with Gasteiger partial charge < -0.3 is 15.1 Å². The molecule has 30 heavy (non-hydrogen) atoms. The molecule has 4 nitrogen and oxygen atoms in total. The van der Waals surface area contributed by atoms with Crippen molar-refractivity contribution >= 4 is 11.6 Å². The number of anilines is 1. The predicted octanol–water partition coefficient (Wildman–Crippen LogP) is 4.75. The van der Waals surface area contributed by atoms with Crippen molar-refractivity contribution < 1.29 is 37.0 Å². The quantitative estimate of drug-likeness (QED) is 0.657. The average molecular weight is 435 g/mol. The second-order valence-electron chi connectivity index (χ2n) is 8.78. The second-order valence-corrected chi connectivity index (χ2v) is 8.78. The molecule has 1 aliphatic heterocycles. The molecule has 9 heteroatoms. The summed E-state index contributed by atoms with van der Waals surface area (Å²) < 4.78 is 64.0. The molecule has 0 radical (unpaired) electrons. The maximum absolute atomic E-state index is 13.3. The van der Waals surface area contributed by atoms with Crippen molar-refractivity contribution in [2.75, 3.05) is 11.4 Å². The lowest BCUT2D eigenvalue weighted by atomic mass is 9.66. The zero-order chi connectivity index (χ0) is 22.4. The summed E-state index contributed by atoms with van der Waals surface area (Å²) >= 11 is 0. The Morgan fingerprint density at radius 1 is 1.03 bits per heavy atom. The van der Waals surface area contributed by atoms with E-state index in [1.807, 2.05) is 0 Å². The summed E-state index contributed by atoms with van der Waals surface area (Å²) in [5.74, 6) is -3.45. The topological polar surface area (TPSA) is 60.8 Å². The molecule has 1 atom stereocenters. The molecule has 1 aromatic carbocycles. The van der Waals surface area contributed by atoms with E-state index in [-0.39, 0.29) is 30.7 Å². The van der Waals surface area contributed by atoms with Crippen LogP contribution >= 0.6 is 0 Å². The number of carbonyl (C=O) groups excluding carboxylic acids is 1. The van der Waals surface area contributed by atoms with E-state index < -0.39 is 35.6 Å². The molecule has 1 aliphatic carbocycles. The lowest BCUT2D eigenvalue weighted by Crippen LogP contribution is -2.44. The van der Waals surface area contributed by atoms with E-state index in [1.54, 1.807) is 4.90 Å². The fourth-order valence-corrected chi connectivity index (χ4v) is 4.48. The van der Waals surface area contributed by atoms with Crippen LogP contribution in [0.3, 0.4) is 0 Å². The van der Waals surface area contributed by atoms with E-state index >= 15 is 0 Å². The second kappa shape index (κ2) is 7.75. The molecular weight excluding hydrogens is 409 g/mol. The number of aliphatic hydroxyl groups excluding tert-OH is 1. The van der Waals surface area contributed by atoms with Gasteiger partial charge in [-0.1, -0.05) is 12.1 Å². The third kappa shape index (κ3) is 4.77. The summed E-state index contributed by atoms with van der Waals surface area (Å²) in [6.07, 6.45) is -6.25. The molecule has 2 aliphatic rings. The van der Waals surface area contributed by atoms with Crippen LogP contribution in [0.4, 0.5) is 27.6 Å². The molecule has 1 amide bonds. The van der Waals surface area contributed by atoms with Gasteiger partial charge >= 0.3 is 6.18 Å². The average Bonchev–Trinajstić information content (AvgIpc) is 2.98. The molecule has 3 rings (SSSR count).